The molecule has 1 unspecified atom stereocenters. The van der Waals surface area contributed by atoms with Crippen molar-refractivity contribution in [3.05, 3.63) is 71.3 Å². The highest BCUT2D eigenvalue weighted by molar-refractivity contribution is 6.30. The van der Waals surface area contributed by atoms with E-state index in [2.05, 4.69) is 0 Å². The van der Waals surface area contributed by atoms with E-state index in [0.29, 0.717) is 24.4 Å². The van der Waals surface area contributed by atoms with Gasteiger partial charge in [-0.1, -0.05) is 66.9 Å². The van der Waals surface area contributed by atoms with E-state index in [1.165, 1.54) is 0 Å². The lowest BCUT2D eigenvalue weighted by Crippen LogP contribution is -2.32. The summed E-state index contributed by atoms with van der Waals surface area (Å²) in [5.74, 6) is -0.621. The van der Waals surface area contributed by atoms with Gasteiger partial charge in [0.2, 0.25) is 5.91 Å². The first-order chi connectivity index (χ1) is 15.4. The molecule has 0 radical (unpaired) electrons. The maximum Gasteiger partial charge on any atom is 0.303 e. The summed E-state index contributed by atoms with van der Waals surface area (Å²) in [4.78, 5) is 24.7. The standard InChI is InChI=1S/C26H30ClNO4/c27-22-10-6-8-20(18-22)19-7-5-9-21(17-19)24(29)14-12-23-13-15-25(30)28(23)16-4-2-1-3-11-26(31)32/h5-10,12,14,17-18,23-24,29H,1-4,11,13,15-16H2,(H,31,32)/b14-12+/t23-,24?/m0/s1. The van der Waals surface area contributed by atoms with Crippen molar-refractivity contribution in [2.75, 3.05) is 6.54 Å². The highest BCUT2D eigenvalue weighted by atomic mass is 35.5. The number of aliphatic carboxylic acids is 1. The molecule has 1 heterocycles. The van der Waals surface area contributed by atoms with E-state index in [1.54, 1.807) is 6.08 Å². The Morgan fingerprint density at radius 2 is 1.81 bits per heavy atom. The van der Waals surface area contributed by atoms with Gasteiger partial charge in [-0.05, 0) is 54.2 Å². The zero-order valence-electron chi connectivity index (χ0n) is 18.1. The van der Waals surface area contributed by atoms with Gasteiger partial charge in [0, 0.05) is 24.4 Å². The highest BCUT2D eigenvalue weighted by Crippen LogP contribution is 2.27. The predicted octanol–water partition coefficient (Wildman–Crippen LogP) is 5.62. The second-order valence-electron chi connectivity index (χ2n) is 8.22. The van der Waals surface area contributed by atoms with Gasteiger partial charge in [-0.2, -0.15) is 0 Å². The summed E-state index contributed by atoms with van der Waals surface area (Å²) >= 11 is 6.10. The van der Waals surface area contributed by atoms with Crippen LogP contribution >= 0.6 is 11.6 Å². The molecule has 0 spiro atoms. The first-order valence-electron chi connectivity index (χ1n) is 11.2. The highest BCUT2D eigenvalue weighted by Gasteiger charge is 2.28. The summed E-state index contributed by atoms with van der Waals surface area (Å²) < 4.78 is 0. The first-order valence-corrected chi connectivity index (χ1v) is 11.6. The molecule has 0 aliphatic carbocycles. The molecule has 2 aromatic carbocycles. The van der Waals surface area contributed by atoms with E-state index >= 15 is 0 Å². The molecule has 1 saturated heterocycles. The van der Waals surface area contributed by atoms with Crippen LogP contribution in [0.2, 0.25) is 5.02 Å². The monoisotopic (exact) mass is 455 g/mol. The molecule has 2 atom stereocenters. The number of aliphatic hydroxyl groups excluding tert-OH is 1. The summed E-state index contributed by atoms with van der Waals surface area (Å²) in [6.07, 6.45) is 7.72. The molecule has 1 amide bonds. The molecule has 170 valence electrons. The lowest BCUT2D eigenvalue weighted by molar-refractivity contribution is -0.137. The van der Waals surface area contributed by atoms with Crippen molar-refractivity contribution in [2.24, 2.45) is 0 Å². The van der Waals surface area contributed by atoms with Gasteiger partial charge in [0.25, 0.3) is 0 Å². The largest absolute Gasteiger partial charge is 0.481 e. The number of carboxylic acids is 1. The van der Waals surface area contributed by atoms with E-state index in [0.717, 1.165) is 42.4 Å². The van der Waals surface area contributed by atoms with Gasteiger partial charge in [-0.25, -0.2) is 0 Å². The van der Waals surface area contributed by atoms with Crippen LogP contribution in [0.3, 0.4) is 0 Å². The fourth-order valence-electron chi connectivity index (χ4n) is 4.07. The predicted molar refractivity (Wildman–Crippen MR) is 126 cm³/mol. The van der Waals surface area contributed by atoms with Crippen molar-refractivity contribution in [1.82, 2.24) is 4.90 Å². The molecule has 2 N–H and O–H groups in total. The van der Waals surface area contributed by atoms with Crippen LogP contribution in [0.25, 0.3) is 11.1 Å². The molecule has 0 aromatic heterocycles. The first kappa shape index (κ1) is 24.0. The topological polar surface area (TPSA) is 77.8 Å². The van der Waals surface area contributed by atoms with Gasteiger partial charge in [0.05, 0.1) is 12.1 Å². The molecule has 0 saturated carbocycles. The normalized spacial score (nSPS) is 17.2. The molecule has 0 bridgehead atoms. The maximum absolute atomic E-state index is 12.3. The number of aliphatic hydroxyl groups is 1. The van der Waals surface area contributed by atoms with Gasteiger partial charge in [0.15, 0.2) is 0 Å². The van der Waals surface area contributed by atoms with Crippen LogP contribution in [-0.2, 0) is 9.59 Å². The SMILES string of the molecule is O=C(O)CCCCCCN1C(=O)CC[C@@H]1/C=C/C(O)c1cccc(-c2cccc(Cl)c2)c1. The quantitative estimate of drug-likeness (QED) is 0.340. The maximum atomic E-state index is 12.3. The summed E-state index contributed by atoms with van der Waals surface area (Å²) in [6.45, 7) is 0.668. The second-order valence-corrected chi connectivity index (χ2v) is 8.65. The van der Waals surface area contributed by atoms with Crippen molar-refractivity contribution in [2.45, 2.75) is 57.1 Å². The smallest absolute Gasteiger partial charge is 0.303 e. The number of hydrogen-bond acceptors (Lipinski definition) is 3. The van der Waals surface area contributed by atoms with Crippen LogP contribution in [-0.4, -0.2) is 39.6 Å². The zero-order chi connectivity index (χ0) is 22.9. The molecule has 32 heavy (non-hydrogen) atoms. The average Bonchev–Trinajstić information content (AvgIpc) is 3.13. The van der Waals surface area contributed by atoms with Crippen molar-refractivity contribution in [1.29, 1.82) is 0 Å². The van der Waals surface area contributed by atoms with E-state index < -0.39 is 12.1 Å². The zero-order valence-corrected chi connectivity index (χ0v) is 18.9. The van der Waals surface area contributed by atoms with E-state index in [-0.39, 0.29) is 18.4 Å². The molecule has 3 rings (SSSR count). The van der Waals surface area contributed by atoms with Gasteiger partial charge in [-0.3, -0.25) is 9.59 Å². The van der Waals surface area contributed by atoms with Crippen LogP contribution in [0.15, 0.2) is 60.7 Å². The molecule has 2 aromatic rings. The number of carboxylic acid groups (broad SMARTS) is 1. The van der Waals surface area contributed by atoms with E-state index in [1.807, 2.05) is 59.5 Å². The van der Waals surface area contributed by atoms with Crippen molar-refractivity contribution in [3.8, 4) is 11.1 Å². The van der Waals surface area contributed by atoms with Crippen LogP contribution in [0, 0.1) is 0 Å². The Hall–Kier alpha value is -2.63. The third-order valence-electron chi connectivity index (χ3n) is 5.82. The third-order valence-corrected chi connectivity index (χ3v) is 6.05. The number of amides is 1. The third kappa shape index (κ3) is 6.94. The Labute approximate surface area is 194 Å². The lowest BCUT2D eigenvalue weighted by Gasteiger charge is -2.22. The second kappa shape index (κ2) is 11.8. The number of hydrogen-bond donors (Lipinski definition) is 2. The van der Waals surface area contributed by atoms with Crippen molar-refractivity contribution >= 4 is 23.5 Å². The molecule has 1 fully saturated rings. The fourth-order valence-corrected chi connectivity index (χ4v) is 4.26. The number of benzene rings is 2. The van der Waals surface area contributed by atoms with Crippen LogP contribution in [0.4, 0.5) is 0 Å². The summed E-state index contributed by atoms with van der Waals surface area (Å²) in [5.41, 5.74) is 2.76. The molecular weight excluding hydrogens is 426 g/mol. The number of rotatable bonds is 11. The minimum Gasteiger partial charge on any atom is -0.481 e. The number of nitrogens with zero attached hydrogens (tertiary/aromatic N) is 1. The number of likely N-dealkylation sites (tertiary alicyclic amines) is 1. The minimum absolute atomic E-state index is 0.00715. The lowest BCUT2D eigenvalue weighted by atomic mass is 10.00. The van der Waals surface area contributed by atoms with Gasteiger partial charge in [-0.15, -0.1) is 0 Å². The average molecular weight is 456 g/mol. The Balaban J connectivity index is 1.57. The molecular formula is C26H30ClNO4. The Morgan fingerprint density at radius 3 is 2.56 bits per heavy atom. The number of halogens is 1. The Bertz CT molecular complexity index is 958. The Morgan fingerprint density at radius 1 is 1.09 bits per heavy atom. The number of unbranched alkanes of at least 4 members (excludes halogenated alkanes) is 3. The molecule has 6 heteroatoms. The molecule has 5 nitrogen and oxygen atoms in total. The Kier molecular flexibility index (Phi) is 8.89. The van der Waals surface area contributed by atoms with Crippen LogP contribution in [0.1, 0.15) is 56.6 Å². The number of carbonyl (C=O) groups is 2. The number of carbonyl (C=O) groups excluding carboxylic acids is 1. The van der Waals surface area contributed by atoms with E-state index in [4.69, 9.17) is 16.7 Å². The van der Waals surface area contributed by atoms with Gasteiger partial charge < -0.3 is 15.1 Å². The summed E-state index contributed by atoms with van der Waals surface area (Å²) in [7, 11) is 0. The summed E-state index contributed by atoms with van der Waals surface area (Å²) in [6, 6.07) is 15.3. The van der Waals surface area contributed by atoms with Gasteiger partial charge in [0.1, 0.15) is 0 Å². The van der Waals surface area contributed by atoms with Gasteiger partial charge >= 0.3 is 5.97 Å². The summed E-state index contributed by atoms with van der Waals surface area (Å²) in [5, 5.41) is 20.1. The van der Waals surface area contributed by atoms with Crippen LogP contribution in [0.5, 0.6) is 0 Å². The van der Waals surface area contributed by atoms with Crippen molar-refractivity contribution < 1.29 is 19.8 Å². The van der Waals surface area contributed by atoms with Crippen LogP contribution < -0.4 is 0 Å². The minimum atomic E-state index is -0.762. The van der Waals surface area contributed by atoms with Crippen molar-refractivity contribution in [3.63, 3.8) is 0 Å². The fraction of sp³-hybridized carbons (Fsp3) is 0.385. The molecule has 1 aliphatic heterocycles. The molecule has 1 aliphatic rings. The van der Waals surface area contributed by atoms with E-state index in [9.17, 15) is 14.7 Å².